The number of carboxylic acids is 1. The van der Waals surface area contributed by atoms with Gasteiger partial charge in [-0.2, -0.15) is 5.10 Å². The molecule has 0 saturated heterocycles. The van der Waals surface area contributed by atoms with Gasteiger partial charge in [-0.05, 0) is 44.3 Å². The van der Waals surface area contributed by atoms with Gasteiger partial charge in [0.25, 0.3) is 0 Å². The maximum atomic E-state index is 11.4. The van der Waals surface area contributed by atoms with Crippen LogP contribution in [0, 0.1) is 13.8 Å². The molecule has 2 aromatic rings. The van der Waals surface area contributed by atoms with Crippen LogP contribution in [0.4, 0.5) is 0 Å². The van der Waals surface area contributed by atoms with E-state index < -0.39 is 5.97 Å². The normalized spacial score (nSPS) is 10.8. The van der Waals surface area contributed by atoms with Gasteiger partial charge in [0.05, 0.1) is 17.5 Å². The Morgan fingerprint density at radius 3 is 2.73 bits per heavy atom. The molecular weight excluding hydrogens is 300 g/mol. The monoisotopic (exact) mass is 316 g/mol. The van der Waals surface area contributed by atoms with E-state index in [1.807, 2.05) is 30.5 Å². The topological polar surface area (TPSA) is 92.6 Å². The number of aromatic nitrogens is 1. The molecule has 0 fully saturated rings. The molecule has 0 amide bonds. The van der Waals surface area contributed by atoms with E-state index in [1.54, 1.807) is 24.4 Å². The zero-order chi connectivity index (χ0) is 16.3. The SMILES string of the molecule is Cc1cc(C=NNC(N)=S)c(C)n1-c1ccccc1C(=O)O. The fraction of sp³-hybridized carbons (Fsp3) is 0.133. The minimum atomic E-state index is -0.964. The third kappa shape index (κ3) is 3.15. The zero-order valence-corrected chi connectivity index (χ0v) is 13.0. The second kappa shape index (κ2) is 6.40. The van der Waals surface area contributed by atoms with Crippen LogP contribution in [0.5, 0.6) is 0 Å². The molecule has 0 bridgehead atoms. The van der Waals surface area contributed by atoms with Crippen LogP contribution in [0.2, 0.25) is 0 Å². The van der Waals surface area contributed by atoms with Crippen molar-refractivity contribution < 1.29 is 9.90 Å². The van der Waals surface area contributed by atoms with Crippen molar-refractivity contribution in [3.05, 3.63) is 52.8 Å². The maximum absolute atomic E-state index is 11.4. The number of nitrogens with zero attached hydrogens (tertiary/aromatic N) is 2. The Morgan fingerprint density at radius 1 is 1.41 bits per heavy atom. The third-order valence-electron chi connectivity index (χ3n) is 3.22. The average Bonchev–Trinajstić information content (AvgIpc) is 2.73. The lowest BCUT2D eigenvalue weighted by molar-refractivity contribution is 0.0697. The Morgan fingerprint density at radius 2 is 2.09 bits per heavy atom. The summed E-state index contributed by atoms with van der Waals surface area (Å²) < 4.78 is 1.88. The summed E-state index contributed by atoms with van der Waals surface area (Å²) in [4.78, 5) is 11.4. The zero-order valence-electron chi connectivity index (χ0n) is 12.2. The number of aryl methyl sites for hydroxylation is 1. The van der Waals surface area contributed by atoms with Crippen LogP contribution in [-0.2, 0) is 0 Å². The van der Waals surface area contributed by atoms with Crippen molar-refractivity contribution in [1.82, 2.24) is 9.99 Å². The summed E-state index contributed by atoms with van der Waals surface area (Å²) in [5, 5.41) is 13.4. The van der Waals surface area contributed by atoms with E-state index in [0.29, 0.717) is 5.69 Å². The summed E-state index contributed by atoms with van der Waals surface area (Å²) in [6.07, 6.45) is 1.60. The lowest BCUT2D eigenvalue weighted by atomic mass is 10.1. The van der Waals surface area contributed by atoms with Gasteiger partial charge in [0.15, 0.2) is 5.11 Å². The Hall–Kier alpha value is -2.67. The second-order valence-electron chi connectivity index (χ2n) is 4.72. The van der Waals surface area contributed by atoms with Gasteiger partial charge in [-0.3, -0.25) is 5.43 Å². The Kier molecular flexibility index (Phi) is 4.57. The molecule has 0 aliphatic rings. The number of benzene rings is 1. The molecule has 2 rings (SSSR count). The van der Waals surface area contributed by atoms with Crippen molar-refractivity contribution in [1.29, 1.82) is 0 Å². The molecule has 6 nitrogen and oxygen atoms in total. The molecule has 0 saturated carbocycles. The highest BCUT2D eigenvalue weighted by molar-refractivity contribution is 7.80. The largest absolute Gasteiger partial charge is 0.478 e. The number of aromatic carboxylic acids is 1. The van der Waals surface area contributed by atoms with Gasteiger partial charge in [-0.15, -0.1) is 0 Å². The van der Waals surface area contributed by atoms with Crippen molar-refractivity contribution in [2.24, 2.45) is 10.8 Å². The molecule has 0 atom stereocenters. The van der Waals surface area contributed by atoms with Gasteiger partial charge in [0, 0.05) is 17.0 Å². The summed E-state index contributed by atoms with van der Waals surface area (Å²) in [5.74, 6) is -0.964. The quantitative estimate of drug-likeness (QED) is 0.455. The number of hydrogen-bond donors (Lipinski definition) is 3. The lowest BCUT2D eigenvalue weighted by Crippen LogP contribution is -2.24. The fourth-order valence-electron chi connectivity index (χ4n) is 2.30. The number of carbonyl (C=O) groups is 1. The fourth-order valence-corrected chi connectivity index (χ4v) is 2.36. The van der Waals surface area contributed by atoms with Crippen LogP contribution >= 0.6 is 12.2 Å². The molecule has 1 aromatic carbocycles. The number of nitrogens with one attached hydrogen (secondary N) is 1. The first-order chi connectivity index (χ1) is 10.4. The van der Waals surface area contributed by atoms with Gasteiger partial charge < -0.3 is 15.4 Å². The summed E-state index contributed by atoms with van der Waals surface area (Å²) in [7, 11) is 0. The molecule has 0 radical (unpaired) electrons. The summed E-state index contributed by atoms with van der Waals surface area (Å²) in [6.45, 7) is 3.80. The van der Waals surface area contributed by atoms with E-state index in [4.69, 9.17) is 5.73 Å². The van der Waals surface area contributed by atoms with Crippen molar-refractivity contribution >= 4 is 29.5 Å². The molecule has 0 aliphatic carbocycles. The molecule has 1 aromatic heterocycles. The molecule has 1 heterocycles. The average molecular weight is 316 g/mol. The number of nitrogens with two attached hydrogens (primary N) is 1. The van der Waals surface area contributed by atoms with Crippen LogP contribution in [0.3, 0.4) is 0 Å². The first kappa shape index (κ1) is 15.7. The molecule has 0 spiro atoms. The van der Waals surface area contributed by atoms with Crippen molar-refractivity contribution in [2.45, 2.75) is 13.8 Å². The third-order valence-corrected chi connectivity index (χ3v) is 3.32. The summed E-state index contributed by atoms with van der Waals surface area (Å²) in [6, 6.07) is 8.79. The Bertz CT molecular complexity index is 765. The van der Waals surface area contributed by atoms with Gasteiger partial charge in [0.2, 0.25) is 0 Å². The summed E-state index contributed by atoms with van der Waals surface area (Å²) in [5.41, 5.74) is 11.3. The highest BCUT2D eigenvalue weighted by Crippen LogP contribution is 2.22. The second-order valence-corrected chi connectivity index (χ2v) is 5.16. The lowest BCUT2D eigenvalue weighted by Gasteiger charge is -2.12. The highest BCUT2D eigenvalue weighted by atomic mass is 32.1. The first-order valence-electron chi connectivity index (χ1n) is 6.52. The number of hydrazone groups is 1. The molecular formula is C15H16N4O2S. The van der Waals surface area contributed by atoms with Crippen LogP contribution in [-0.4, -0.2) is 27.0 Å². The van der Waals surface area contributed by atoms with Crippen molar-refractivity contribution in [2.75, 3.05) is 0 Å². The Labute approximate surface area is 133 Å². The predicted octanol–water partition coefficient (Wildman–Crippen LogP) is 1.96. The van der Waals surface area contributed by atoms with E-state index in [2.05, 4.69) is 22.7 Å². The van der Waals surface area contributed by atoms with E-state index in [-0.39, 0.29) is 10.7 Å². The van der Waals surface area contributed by atoms with E-state index in [9.17, 15) is 9.90 Å². The first-order valence-corrected chi connectivity index (χ1v) is 6.92. The number of hydrogen-bond acceptors (Lipinski definition) is 3. The van der Waals surface area contributed by atoms with E-state index in [0.717, 1.165) is 17.0 Å². The van der Waals surface area contributed by atoms with E-state index >= 15 is 0 Å². The standard InChI is InChI=1S/C15H16N4O2S/c1-9-7-11(8-17-18-15(16)22)10(2)19(9)13-6-4-3-5-12(13)14(20)21/h3-8H,1-2H3,(H,20,21)(H3,16,18,22). The molecule has 4 N–H and O–H groups in total. The van der Waals surface area contributed by atoms with Crippen LogP contribution in [0.15, 0.2) is 35.4 Å². The molecule has 7 heteroatoms. The van der Waals surface area contributed by atoms with Crippen LogP contribution < -0.4 is 11.2 Å². The van der Waals surface area contributed by atoms with Crippen LogP contribution in [0.25, 0.3) is 5.69 Å². The number of thiocarbonyl (C=S) groups is 1. The summed E-state index contributed by atoms with van der Waals surface area (Å²) >= 11 is 4.68. The van der Waals surface area contributed by atoms with Gasteiger partial charge >= 0.3 is 5.97 Å². The van der Waals surface area contributed by atoms with Gasteiger partial charge in [-0.25, -0.2) is 4.79 Å². The molecule has 0 aliphatic heterocycles. The number of carboxylic acid groups (broad SMARTS) is 1. The van der Waals surface area contributed by atoms with Crippen molar-refractivity contribution in [3.63, 3.8) is 0 Å². The highest BCUT2D eigenvalue weighted by Gasteiger charge is 2.15. The van der Waals surface area contributed by atoms with E-state index in [1.165, 1.54) is 0 Å². The Balaban J connectivity index is 2.50. The molecule has 0 unspecified atom stereocenters. The number of para-hydroxylation sites is 1. The minimum Gasteiger partial charge on any atom is -0.478 e. The van der Waals surface area contributed by atoms with Gasteiger partial charge in [-0.1, -0.05) is 12.1 Å². The van der Waals surface area contributed by atoms with Crippen molar-refractivity contribution in [3.8, 4) is 5.69 Å². The maximum Gasteiger partial charge on any atom is 0.337 e. The smallest absolute Gasteiger partial charge is 0.337 e. The van der Waals surface area contributed by atoms with Crippen LogP contribution in [0.1, 0.15) is 27.3 Å². The molecule has 22 heavy (non-hydrogen) atoms. The van der Waals surface area contributed by atoms with Gasteiger partial charge in [0.1, 0.15) is 0 Å². The number of rotatable bonds is 4. The predicted molar refractivity (Wildman–Crippen MR) is 89.7 cm³/mol. The molecule has 114 valence electrons. The minimum absolute atomic E-state index is 0.0845.